The molecule has 1 unspecified atom stereocenters. The van der Waals surface area contributed by atoms with Crippen LogP contribution in [0.5, 0.6) is 0 Å². The predicted molar refractivity (Wildman–Crippen MR) is 80.6 cm³/mol. The molecule has 1 saturated heterocycles. The Morgan fingerprint density at radius 2 is 2.05 bits per heavy atom. The molecular formula is C15H25N3S. The second-order valence-corrected chi connectivity index (χ2v) is 7.47. The third-order valence-electron chi connectivity index (χ3n) is 4.67. The van der Waals surface area contributed by atoms with Crippen LogP contribution < -0.4 is 5.73 Å². The van der Waals surface area contributed by atoms with Gasteiger partial charge >= 0.3 is 0 Å². The summed E-state index contributed by atoms with van der Waals surface area (Å²) in [5, 5.41) is 1.21. The number of fused-ring (bicyclic) bond motifs is 1. The van der Waals surface area contributed by atoms with Crippen LogP contribution >= 0.6 is 11.3 Å². The Labute approximate surface area is 120 Å². The van der Waals surface area contributed by atoms with Crippen LogP contribution in [0.4, 0.5) is 0 Å². The zero-order valence-corrected chi connectivity index (χ0v) is 12.9. The fourth-order valence-electron chi connectivity index (χ4n) is 3.31. The lowest BCUT2D eigenvalue weighted by atomic mass is 9.92. The Hall–Kier alpha value is -0.450. The van der Waals surface area contributed by atoms with Crippen molar-refractivity contribution in [3.8, 4) is 0 Å². The molecule has 1 aromatic rings. The first-order valence-electron chi connectivity index (χ1n) is 7.60. The summed E-state index contributed by atoms with van der Waals surface area (Å²) in [6, 6.07) is 0.628. The molecule has 1 atom stereocenters. The fourth-order valence-corrected chi connectivity index (χ4v) is 4.62. The maximum Gasteiger partial charge on any atom is 0.113 e. The van der Waals surface area contributed by atoms with E-state index in [9.17, 15) is 0 Å². The number of nitrogens with two attached hydrogens (primary N) is 1. The van der Waals surface area contributed by atoms with Crippen molar-refractivity contribution in [3.63, 3.8) is 0 Å². The summed E-state index contributed by atoms with van der Waals surface area (Å²) in [6.45, 7) is 6.85. The van der Waals surface area contributed by atoms with Crippen LogP contribution in [0.3, 0.4) is 0 Å². The SMILES string of the molecule is CC(C)N1CCCC(N)(c2nc3c(s2)CCC3)CC1. The first-order chi connectivity index (χ1) is 9.08. The Bertz CT molecular complexity index is 433. The molecule has 19 heavy (non-hydrogen) atoms. The van der Waals surface area contributed by atoms with E-state index in [4.69, 9.17) is 10.7 Å². The van der Waals surface area contributed by atoms with Gasteiger partial charge in [0.15, 0.2) is 0 Å². The van der Waals surface area contributed by atoms with E-state index in [0.717, 1.165) is 19.4 Å². The molecule has 0 amide bonds. The number of hydrogen-bond acceptors (Lipinski definition) is 4. The lowest BCUT2D eigenvalue weighted by Gasteiger charge is -2.27. The maximum absolute atomic E-state index is 6.73. The van der Waals surface area contributed by atoms with Crippen molar-refractivity contribution < 1.29 is 0 Å². The largest absolute Gasteiger partial charge is 0.319 e. The second kappa shape index (κ2) is 5.15. The van der Waals surface area contributed by atoms with Crippen LogP contribution in [0.15, 0.2) is 0 Å². The minimum Gasteiger partial charge on any atom is -0.319 e. The Kier molecular flexibility index (Phi) is 3.67. The summed E-state index contributed by atoms with van der Waals surface area (Å²) < 4.78 is 0. The number of hydrogen-bond donors (Lipinski definition) is 1. The van der Waals surface area contributed by atoms with Gasteiger partial charge in [-0.05, 0) is 58.9 Å². The second-order valence-electron chi connectivity index (χ2n) is 6.38. The molecule has 0 radical (unpaired) electrons. The Morgan fingerprint density at radius 1 is 1.21 bits per heavy atom. The maximum atomic E-state index is 6.73. The normalized spacial score (nSPS) is 28.6. The van der Waals surface area contributed by atoms with Crippen LogP contribution in [0, 0.1) is 0 Å². The summed E-state index contributed by atoms with van der Waals surface area (Å²) in [6.07, 6.45) is 7.01. The molecule has 4 heteroatoms. The van der Waals surface area contributed by atoms with Crippen molar-refractivity contribution in [2.45, 2.75) is 64.0 Å². The molecule has 0 spiro atoms. The van der Waals surface area contributed by atoms with Gasteiger partial charge in [0.05, 0.1) is 11.2 Å². The van der Waals surface area contributed by atoms with Crippen LogP contribution in [-0.2, 0) is 18.4 Å². The molecule has 3 nitrogen and oxygen atoms in total. The summed E-state index contributed by atoms with van der Waals surface area (Å²) in [7, 11) is 0. The number of nitrogens with zero attached hydrogens (tertiary/aromatic N) is 2. The monoisotopic (exact) mass is 279 g/mol. The first-order valence-corrected chi connectivity index (χ1v) is 8.42. The van der Waals surface area contributed by atoms with Crippen molar-refractivity contribution in [1.82, 2.24) is 9.88 Å². The van der Waals surface area contributed by atoms with Crippen LogP contribution in [-0.4, -0.2) is 29.0 Å². The van der Waals surface area contributed by atoms with Gasteiger partial charge in [-0.3, -0.25) is 0 Å². The molecular weight excluding hydrogens is 254 g/mol. The van der Waals surface area contributed by atoms with E-state index in [-0.39, 0.29) is 5.54 Å². The third kappa shape index (κ3) is 2.58. The summed E-state index contributed by atoms with van der Waals surface area (Å²) in [4.78, 5) is 8.93. The van der Waals surface area contributed by atoms with Gasteiger partial charge in [-0.25, -0.2) is 4.98 Å². The smallest absolute Gasteiger partial charge is 0.113 e. The summed E-state index contributed by atoms with van der Waals surface area (Å²) in [5.41, 5.74) is 7.90. The van der Waals surface area contributed by atoms with Gasteiger partial charge in [0, 0.05) is 17.5 Å². The molecule has 2 aliphatic rings. The van der Waals surface area contributed by atoms with E-state index in [1.807, 2.05) is 11.3 Å². The molecule has 0 saturated carbocycles. The quantitative estimate of drug-likeness (QED) is 0.905. The summed E-state index contributed by atoms with van der Waals surface area (Å²) >= 11 is 1.89. The highest BCUT2D eigenvalue weighted by Gasteiger charge is 2.35. The molecule has 1 aromatic heterocycles. The van der Waals surface area contributed by atoms with Crippen molar-refractivity contribution in [1.29, 1.82) is 0 Å². The molecule has 2 heterocycles. The van der Waals surface area contributed by atoms with Gasteiger partial charge in [0.25, 0.3) is 0 Å². The number of rotatable bonds is 2. The van der Waals surface area contributed by atoms with Gasteiger partial charge in [0.1, 0.15) is 5.01 Å². The van der Waals surface area contributed by atoms with Gasteiger partial charge in [-0.15, -0.1) is 11.3 Å². The lowest BCUT2D eigenvalue weighted by molar-refractivity contribution is 0.225. The van der Waals surface area contributed by atoms with E-state index in [1.54, 1.807) is 0 Å². The Balaban J connectivity index is 1.78. The van der Waals surface area contributed by atoms with Gasteiger partial charge < -0.3 is 10.6 Å². The topological polar surface area (TPSA) is 42.1 Å². The van der Waals surface area contributed by atoms with Gasteiger partial charge in [-0.2, -0.15) is 0 Å². The van der Waals surface area contributed by atoms with Gasteiger partial charge in [0.2, 0.25) is 0 Å². The van der Waals surface area contributed by atoms with Crippen molar-refractivity contribution in [3.05, 3.63) is 15.6 Å². The molecule has 0 bridgehead atoms. The number of likely N-dealkylation sites (tertiary alicyclic amines) is 1. The summed E-state index contributed by atoms with van der Waals surface area (Å²) in [5.74, 6) is 0. The highest BCUT2D eigenvalue weighted by Crippen LogP contribution is 2.37. The van der Waals surface area contributed by atoms with Crippen LogP contribution in [0.25, 0.3) is 0 Å². The van der Waals surface area contributed by atoms with E-state index >= 15 is 0 Å². The fraction of sp³-hybridized carbons (Fsp3) is 0.800. The third-order valence-corrected chi connectivity index (χ3v) is 6.04. The zero-order chi connectivity index (χ0) is 13.5. The zero-order valence-electron chi connectivity index (χ0n) is 12.1. The molecule has 3 rings (SSSR count). The van der Waals surface area contributed by atoms with Crippen molar-refractivity contribution >= 4 is 11.3 Å². The molecule has 0 aromatic carbocycles. The standard InChI is InChI=1S/C15H25N3S/c1-11(2)18-9-4-7-15(16,8-10-18)14-17-12-5-3-6-13(12)19-14/h11H,3-10,16H2,1-2H3. The van der Waals surface area contributed by atoms with E-state index in [1.165, 1.54) is 47.8 Å². The molecule has 1 fully saturated rings. The highest BCUT2D eigenvalue weighted by molar-refractivity contribution is 7.12. The average Bonchev–Trinajstić information content (AvgIpc) is 2.88. The molecule has 106 valence electrons. The molecule has 1 aliphatic carbocycles. The number of thiazole rings is 1. The number of aryl methyl sites for hydroxylation is 2. The van der Waals surface area contributed by atoms with E-state index < -0.39 is 0 Å². The highest BCUT2D eigenvalue weighted by atomic mass is 32.1. The first kappa shape index (κ1) is 13.5. The van der Waals surface area contributed by atoms with Crippen LogP contribution in [0.2, 0.25) is 0 Å². The van der Waals surface area contributed by atoms with E-state index in [0.29, 0.717) is 6.04 Å². The predicted octanol–water partition coefficient (Wildman–Crippen LogP) is 2.68. The van der Waals surface area contributed by atoms with Gasteiger partial charge in [-0.1, -0.05) is 0 Å². The van der Waals surface area contributed by atoms with Crippen LogP contribution in [0.1, 0.15) is 55.1 Å². The molecule has 2 N–H and O–H groups in total. The lowest BCUT2D eigenvalue weighted by Crippen LogP contribution is -2.38. The Morgan fingerprint density at radius 3 is 2.79 bits per heavy atom. The van der Waals surface area contributed by atoms with Crippen molar-refractivity contribution in [2.75, 3.05) is 13.1 Å². The van der Waals surface area contributed by atoms with Crippen molar-refractivity contribution in [2.24, 2.45) is 5.73 Å². The minimum atomic E-state index is -0.168. The minimum absolute atomic E-state index is 0.168. The number of aromatic nitrogens is 1. The average molecular weight is 279 g/mol. The molecule has 1 aliphatic heterocycles. The van der Waals surface area contributed by atoms with E-state index in [2.05, 4.69) is 18.7 Å².